The lowest BCUT2D eigenvalue weighted by Crippen LogP contribution is -2.47. The van der Waals surface area contributed by atoms with Crippen LogP contribution in [0.4, 0.5) is 0 Å². The van der Waals surface area contributed by atoms with E-state index >= 15 is 0 Å². The Morgan fingerprint density at radius 3 is 2.43 bits per heavy atom. The van der Waals surface area contributed by atoms with Gasteiger partial charge >= 0.3 is 0 Å². The predicted molar refractivity (Wildman–Crippen MR) is 84.5 cm³/mol. The number of amides is 1. The molecule has 0 aliphatic heterocycles. The lowest BCUT2D eigenvalue weighted by molar-refractivity contribution is 0.0882. The minimum atomic E-state index is -3.84. The molecule has 1 aromatic rings. The molecular formula is C14H19BrN2O3S. The van der Waals surface area contributed by atoms with Crippen molar-refractivity contribution in [1.29, 1.82) is 0 Å². The van der Waals surface area contributed by atoms with Crippen LogP contribution in [-0.2, 0) is 10.0 Å². The average Bonchev–Trinajstić information content (AvgIpc) is 2.37. The molecule has 0 atom stereocenters. The molecule has 0 saturated heterocycles. The molecule has 3 N–H and O–H groups in total. The van der Waals surface area contributed by atoms with Crippen LogP contribution >= 0.6 is 15.9 Å². The van der Waals surface area contributed by atoms with E-state index in [0.29, 0.717) is 10.0 Å². The smallest absolute Gasteiger partial charge is 0.251 e. The molecule has 0 radical (unpaired) electrons. The van der Waals surface area contributed by atoms with Gasteiger partial charge in [0.25, 0.3) is 5.91 Å². The first-order valence-electron chi connectivity index (χ1n) is 6.86. The van der Waals surface area contributed by atoms with Crippen LogP contribution in [0.2, 0.25) is 0 Å². The molecule has 21 heavy (non-hydrogen) atoms. The third-order valence-electron chi connectivity index (χ3n) is 3.83. The van der Waals surface area contributed by atoms with Crippen molar-refractivity contribution < 1.29 is 13.2 Å². The second kappa shape index (κ2) is 6.06. The highest BCUT2D eigenvalue weighted by Crippen LogP contribution is 2.28. The molecule has 0 spiro atoms. The number of hydrogen-bond acceptors (Lipinski definition) is 3. The summed E-state index contributed by atoms with van der Waals surface area (Å²) >= 11 is 3.21. The normalized spacial score (nSPS) is 18.2. The maximum absolute atomic E-state index is 12.4. The van der Waals surface area contributed by atoms with Crippen LogP contribution in [0.3, 0.4) is 0 Å². The summed E-state index contributed by atoms with van der Waals surface area (Å²) in [4.78, 5) is 12.3. The molecule has 0 heterocycles. The van der Waals surface area contributed by atoms with E-state index in [9.17, 15) is 13.2 Å². The van der Waals surface area contributed by atoms with Crippen molar-refractivity contribution in [2.24, 2.45) is 5.14 Å². The van der Waals surface area contributed by atoms with Crippen LogP contribution < -0.4 is 10.5 Å². The van der Waals surface area contributed by atoms with Gasteiger partial charge in [0.15, 0.2) is 0 Å². The first kappa shape index (κ1) is 16.5. The Hall–Kier alpha value is -0.920. The first-order chi connectivity index (χ1) is 9.70. The zero-order chi connectivity index (χ0) is 15.7. The second-order valence-electron chi connectivity index (χ2n) is 5.80. The summed E-state index contributed by atoms with van der Waals surface area (Å²) in [5.41, 5.74) is 0.0690. The zero-order valence-corrected chi connectivity index (χ0v) is 14.3. The minimum Gasteiger partial charge on any atom is -0.347 e. The number of sulfonamides is 1. The third-order valence-corrected chi connectivity index (χ3v) is 5.19. The number of primary sulfonamides is 1. The highest BCUT2D eigenvalue weighted by atomic mass is 79.9. The molecule has 5 nitrogen and oxygen atoms in total. The molecule has 116 valence electrons. The van der Waals surface area contributed by atoms with Crippen molar-refractivity contribution >= 4 is 31.9 Å². The van der Waals surface area contributed by atoms with Gasteiger partial charge in [0, 0.05) is 15.6 Å². The predicted octanol–water partition coefficient (Wildman–Crippen LogP) is 2.55. The summed E-state index contributed by atoms with van der Waals surface area (Å²) < 4.78 is 23.4. The SMILES string of the molecule is CC1(NC(=O)c2cc(Br)cc(S(N)(=O)=O)c2)CCCCC1. The molecule has 1 amide bonds. The van der Waals surface area contributed by atoms with Crippen molar-refractivity contribution in [2.75, 3.05) is 0 Å². The van der Waals surface area contributed by atoms with Crippen LogP contribution in [0, 0.1) is 0 Å². The van der Waals surface area contributed by atoms with Crippen molar-refractivity contribution in [2.45, 2.75) is 49.5 Å². The van der Waals surface area contributed by atoms with Gasteiger partial charge in [0.1, 0.15) is 0 Å². The molecule has 0 bridgehead atoms. The van der Waals surface area contributed by atoms with Gasteiger partial charge in [-0.1, -0.05) is 35.2 Å². The van der Waals surface area contributed by atoms with E-state index in [1.165, 1.54) is 18.6 Å². The second-order valence-corrected chi connectivity index (χ2v) is 8.27. The third kappa shape index (κ3) is 4.28. The monoisotopic (exact) mass is 374 g/mol. The van der Waals surface area contributed by atoms with E-state index in [4.69, 9.17) is 5.14 Å². The first-order valence-corrected chi connectivity index (χ1v) is 9.19. The molecule has 1 aliphatic rings. The van der Waals surface area contributed by atoms with Crippen LogP contribution in [-0.4, -0.2) is 19.9 Å². The average molecular weight is 375 g/mol. The van der Waals surface area contributed by atoms with Gasteiger partial charge in [-0.3, -0.25) is 4.79 Å². The Bertz CT molecular complexity index is 652. The van der Waals surface area contributed by atoms with Gasteiger partial charge in [-0.2, -0.15) is 0 Å². The van der Waals surface area contributed by atoms with E-state index in [0.717, 1.165) is 25.7 Å². The van der Waals surface area contributed by atoms with Gasteiger partial charge in [-0.15, -0.1) is 0 Å². The summed E-state index contributed by atoms with van der Waals surface area (Å²) in [5.74, 6) is -0.273. The quantitative estimate of drug-likeness (QED) is 0.851. The van der Waals surface area contributed by atoms with Crippen molar-refractivity contribution in [3.8, 4) is 0 Å². The van der Waals surface area contributed by atoms with E-state index in [1.54, 1.807) is 6.07 Å². The van der Waals surface area contributed by atoms with Crippen LogP contribution in [0.15, 0.2) is 27.6 Å². The Morgan fingerprint density at radius 1 is 1.24 bits per heavy atom. The highest BCUT2D eigenvalue weighted by molar-refractivity contribution is 9.10. The molecule has 0 unspecified atom stereocenters. The number of hydrogen-bond donors (Lipinski definition) is 2. The standard InChI is InChI=1S/C14H19BrN2O3S/c1-14(5-3-2-4-6-14)17-13(18)10-7-11(15)9-12(8-10)21(16,19)20/h7-9H,2-6H2,1H3,(H,17,18)(H2,16,19,20). The Balaban J connectivity index is 2.25. The fraction of sp³-hybridized carbons (Fsp3) is 0.500. The van der Waals surface area contributed by atoms with Gasteiger partial charge in [-0.05, 0) is 38.0 Å². The van der Waals surface area contributed by atoms with E-state index in [1.807, 2.05) is 6.92 Å². The maximum atomic E-state index is 12.4. The molecule has 1 fully saturated rings. The lowest BCUT2D eigenvalue weighted by atomic mass is 9.83. The fourth-order valence-corrected chi connectivity index (χ4v) is 3.89. The van der Waals surface area contributed by atoms with Gasteiger partial charge in [0.2, 0.25) is 10.0 Å². The number of rotatable bonds is 3. The number of nitrogens with two attached hydrogens (primary N) is 1. The summed E-state index contributed by atoms with van der Waals surface area (Å²) in [6.45, 7) is 2.03. The van der Waals surface area contributed by atoms with Gasteiger partial charge in [-0.25, -0.2) is 13.6 Å². The summed E-state index contributed by atoms with van der Waals surface area (Å²) in [7, 11) is -3.84. The summed E-state index contributed by atoms with van der Waals surface area (Å²) in [5, 5.41) is 8.15. The molecular weight excluding hydrogens is 356 g/mol. The Morgan fingerprint density at radius 2 is 1.86 bits per heavy atom. The Labute approximate surface area is 133 Å². The number of benzene rings is 1. The molecule has 1 aliphatic carbocycles. The van der Waals surface area contributed by atoms with E-state index in [-0.39, 0.29) is 16.3 Å². The number of carbonyl (C=O) groups excluding carboxylic acids is 1. The molecule has 1 aromatic carbocycles. The number of halogens is 1. The van der Waals surface area contributed by atoms with Crippen LogP contribution in [0.5, 0.6) is 0 Å². The van der Waals surface area contributed by atoms with Gasteiger partial charge in [0.05, 0.1) is 4.90 Å². The van der Waals surface area contributed by atoms with Crippen molar-refractivity contribution in [1.82, 2.24) is 5.32 Å². The Kier molecular flexibility index (Phi) is 4.75. The van der Waals surface area contributed by atoms with Crippen molar-refractivity contribution in [3.05, 3.63) is 28.2 Å². The topological polar surface area (TPSA) is 89.3 Å². The number of carbonyl (C=O) groups is 1. The fourth-order valence-electron chi connectivity index (χ4n) is 2.66. The van der Waals surface area contributed by atoms with Crippen LogP contribution in [0.1, 0.15) is 49.4 Å². The number of nitrogens with one attached hydrogen (secondary N) is 1. The largest absolute Gasteiger partial charge is 0.347 e. The highest BCUT2D eigenvalue weighted by Gasteiger charge is 2.29. The molecule has 2 rings (SSSR count). The zero-order valence-electron chi connectivity index (χ0n) is 11.9. The van der Waals surface area contributed by atoms with Crippen molar-refractivity contribution in [3.63, 3.8) is 0 Å². The maximum Gasteiger partial charge on any atom is 0.251 e. The lowest BCUT2D eigenvalue weighted by Gasteiger charge is -2.34. The summed E-state index contributed by atoms with van der Waals surface area (Å²) in [6.07, 6.45) is 5.26. The molecule has 0 aromatic heterocycles. The van der Waals surface area contributed by atoms with Crippen LogP contribution in [0.25, 0.3) is 0 Å². The van der Waals surface area contributed by atoms with E-state index in [2.05, 4.69) is 21.2 Å². The molecule has 7 heteroatoms. The van der Waals surface area contributed by atoms with E-state index < -0.39 is 10.0 Å². The minimum absolute atomic E-state index is 0.0733. The molecule has 1 saturated carbocycles. The van der Waals surface area contributed by atoms with Gasteiger partial charge < -0.3 is 5.32 Å². The summed E-state index contributed by atoms with van der Waals surface area (Å²) in [6, 6.07) is 4.28.